The lowest BCUT2D eigenvalue weighted by Gasteiger charge is -2.21. The topological polar surface area (TPSA) is 49.0 Å². The van der Waals surface area contributed by atoms with Crippen molar-refractivity contribution in [2.75, 3.05) is 28.4 Å². The standard InChI is InChI=1S/C22H31NO4/c1-15(11-17-7-9-19(24-3)21(13-17)26-5)23-16(2)12-18-8-10-20(25-4)22(14-18)27-6/h7-10,13-16,23H,11-12H2,1-6H3. The molecule has 2 unspecified atom stereocenters. The average Bonchev–Trinajstić information content (AvgIpc) is 2.67. The van der Waals surface area contributed by atoms with E-state index >= 15 is 0 Å². The Morgan fingerprint density at radius 3 is 1.33 bits per heavy atom. The molecule has 27 heavy (non-hydrogen) atoms. The van der Waals surface area contributed by atoms with Crippen LogP contribution in [0.2, 0.25) is 0 Å². The van der Waals surface area contributed by atoms with Gasteiger partial charge in [0.15, 0.2) is 23.0 Å². The summed E-state index contributed by atoms with van der Waals surface area (Å²) in [6.07, 6.45) is 1.83. The van der Waals surface area contributed by atoms with E-state index in [0.29, 0.717) is 12.1 Å². The van der Waals surface area contributed by atoms with E-state index in [0.717, 1.165) is 35.8 Å². The number of rotatable bonds is 10. The van der Waals surface area contributed by atoms with Crippen molar-refractivity contribution in [3.05, 3.63) is 47.5 Å². The number of methoxy groups -OCH3 is 4. The van der Waals surface area contributed by atoms with Crippen molar-refractivity contribution < 1.29 is 18.9 Å². The summed E-state index contributed by atoms with van der Waals surface area (Å²) >= 11 is 0. The molecule has 148 valence electrons. The van der Waals surface area contributed by atoms with Crippen LogP contribution in [-0.4, -0.2) is 40.5 Å². The average molecular weight is 373 g/mol. The summed E-state index contributed by atoms with van der Waals surface area (Å²) in [5, 5.41) is 3.66. The maximum atomic E-state index is 5.39. The number of benzene rings is 2. The largest absolute Gasteiger partial charge is 0.493 e. The molecule has 0 aliphatic rings. The Balaban J connectivity index is 1.94. The molecule has 0 radical (unpaired) electrons. The number of hydrogen-bond donors (Lipinski definition) is 1. The van der Waals surface area contributed by atoms with Gasteiger partial charge in [0, 0.05) is 12.1 Å². The zero-order valence-electron chi connectivity index (χ0n) is 17.2. The third kappa shape index (κ3) is 5.79. The van der Waals surface area contributed by atoms with Crippen LogP contribution in [0.3, 0.4) is 0 Å². The highest BCUT2D eigenvalue weighted by atomic mass is 16.5. The number of hydrogen-bond acceptors (Lipinski definition) is 5. The van der Waals surface area contributed by atoms with Gasteiger partial charge in [0.05, 0.1) is 28.4 Å². The van der Waals surface area contributed by atoms with Gasteiger partial charge in [-0.15, -0.1) is 0 Å². The molecule has 2 atom stereocenters. The molecule has 0 fully saturated rings. The summed E-state index contributed by atoms with van der Waals surface area (Å²) in [5.74, 6) is 3.04. The van der Waals surface area contributed by atoms with Crippen LogP contribution in [0.25, 0.3) is 0 Å². The zero-order chi connectivity index (χ0) is 19.8. The SMILES string of the molecule is COc1ccc(CC(C)NC(C)Cc2ccc(OC)c(OC)c2)cc1OC. The van der Waals surface area contributed by atoms with Gasteiger partial charge in [0.1, 0.15) is 0 Å². The van der Waals surface area contributed by atoms with Gasteiger partial charge < -0.3 is 24.3 Å². The smallest absolute Gasteiger partial charge is 0.160 e. The fraction of sp³-hybridized carbons (Fsp3) is 0.455. The second kappa shape index (κ2) is 10.1. The summed E-state index contributed by atoms with van der Waals surface area (Å²) in [4.78, 5) is 0. The Labute approximate surface area is 162 Å². The van der Waals surface area contributed by atoms with Crippen molar-refractivity contribution in [3.63, 3.8) is 0 Å². The molecule has 5 heteroatoms. The molecular formula is C22H31NO4. The second-order valence-electron chi connectivity index (χ2n) is 6.76. The molecule has 0 amide bonds. The lowest BCUT2D eigenvalue weighted by molar-refractivity contribution is 0.354. The molecule has 0 spiro atoms. The van der Waals surface area contributed by atoms with Crippen molar-refractivity contribution in [1.82, 2.24) is 5.32 Å². The first-order valence-electron chi connectivity index (χ1n) is 9.18. The zero-order valence-corrected chi connectivity index (χ0v) is 17.2. The Hall–Kier alpha value is -2.40. The fourth-order valence-corrected chi connectivity index (χ4v) is 3.33. The third-order valence-corrected chi connectivity index (χ3v) is 4.55. The highest BCUT2D eigenvalue weighted by Crippen LogP contribution is 2.29. The van der Waals surface area contributed by atoms with Crippen LogP contribution in [0.1, 0.15) is 25.0 Å². The predicted molar refractivity (Wildman–Crippen MR) is 109 cm³/mol. The minimum Gasteiger partial charge on any atom is -0.493 e. The molecular weight excluding hydrogens is 342 g/mol. The molecule has 2 aromatic rings. The van der Waals surface area contributed by atoms with Crippen LogP contribution in [0, 0.1) is 0 Å². The first-order valence-corrected chi connectivity index (χ1v) is 9.18. The molecule has 0 aliphatic heterocycles. The second-order valence-corrected chi connectivity index (χ2v) is 6.76. The van der Waals surface area contributed by atoms with Crippen molar-refractivity contribution in [2.45, 2.75) is 38.8 Å². The lowest BCUT2D eigenvalue weighted by Crippen LogP contribution is -2.37. The summed E-state index contributed by atoms with van der Waals surface area (Å²) in [7, 11) is 6.62. The van der Waals surface area contributed by atoms with Gasteiger partial charge in [0.2, 0.25) is 0 Å². The van der Waals surface area contributed by atoms with Crippen molar-refractivity contribution in [1.29, 1.82) is 0 Å². The monoisotopic (exact) mass is 373 g/mol. The first kappa shape index (κ1) is 20.9. The molecule has 1 N–H and O–H groups in total. The van der Waals surface area contributed by atoms with Gasteiger partial charge in [0.25, 0.3) is 0 Å². The van der Waals surface area contributed by atoms with Crippen molar-refractivity contribution in [2.24, 2.45) is 0 Å². The van der Waals surface area contributed by atoms with E-state index in [1.165, 1.54) is 11.1 Å². The Morgan fingerprint density at radius 1 is 0.630 bits per heavy atom. The van der Waals surface area contributed by atoms with E-state index in [2.05, 4.69) is 31.3 Å². The molecule has 2 aromatic carbocycles. The summed E-state index contributed by atoms with van der Waals surface area (Å²) < 4.78 is 21.4. The molecule has 0 aliphatic carbocycles. The van der Waals surface area contributed by atoms with E-state index < -0.39 is 0 Å². The minimum absolute atomic E-state index is 0.332. The summed E-state index contributed by atoms with van der Waals surface area (Å²) in [5.41, 5.74) is 2.43. The van der Waals surface area contributed by atoms with Crippen molar-refractivity contribution in [3.8, 4) is 23.0 Å². The van der Waals surface area contributed by atoms with Crippen LogP contribution in [0.15, 0.2) is 36.4 Å². The van der Waals surface area contributed by atoms with Gasteiger partial charge in [-0.3, -0.25) is 0 Å². The van der Waals surface area contributed by atoms with Gasteiger partial charge in [-0.25, -0.2) is 0 Å². The lowest BCUT2D eigenvalue weighted by atomic mass is 10.0. The van der Waals surface area contributed by atoms with Gasteiger partial charge >= 0.3 is 0 Å². The van der Waals surface area contributed by atoms with Crippen molar-refractivity contribution >= 4 is 0 Å². The van der Waals surface area contributed by atoms with E-state index in [-0.39, 0.29) is 0 Å². The quantitative estimate of drug-likeness (QED) is 0.685. The molecule has 0 aromatic heterocycles. The molecule has 5 nitrogen and oxygen atoms in total. The Morgan fingerprint density at radius 2 is 1.00 bits per heavy atom. The van der Waals surface area contributed by atoms with E-state index in [1.54, 1.807) is 28.4 Å². The van der Waals surface area contributed by atoms with Crippen LogP contribution in [-0.2, 0) is 12.8 Å². The highest BCUT2D eigenvalue weighted by Gasteiger charge is 2.12. The first-order chi connectivity index (χ1) is 13.0. The summed E-state index contributed by atoms with van der Waals surface area (Å²) in [6, 6.07) is 12.8. The summed E-state index contributed by atoms with van der Waals surface area (Å²) in [6.45, 7) is 4.39. The van der Waals surface area contributed by atoms with Crippen LogP contribution < -0.4 is 24.3 Å². The highest BCUT2D eigenvalue weighted by molar-refractivity contribution is 5.44. The Bertz CT molecular complexity index is 671. The van der Waals surface area contributed by atoms with E-state index in [4.69, 9.17) is 18.9 Å². The van der Waals surface area contributed by atoms with Crippen LogP contribution >= 0.6 is 0 Å². The van der Waals surface area contributed by atoms with Crippen LogP contribution in [0.5, 0.6) is 23.0 Å². The maximum absolute atomic E-state index is 5.39. The Kier molecular flexibility index (Phi) is 7.80. The van der Waals surface area contributed by atoms with Gasteiger partial charge in [-0.05, 0) is 62.1 Å². The number of ether oxygens (including phenoxy) is 4. The minimum atomic E-state index is 0.332. The maximum Gasteiger partial charge on any atom is 0.160 e. The van der Waals surface area contributed by atoms with Crippen LogP contribution in [0.4, 0.5) is 0 Å². The normalized spacial score (nSPS) is 13.0. The number of nitrogens with one attached hydrogen (secondary N) is 1. The molecule has 0 saturated carbocycles. The molecule has 2 rings (SSSR count). The fourth-order valence-electron chi connectivity index (χ4n) is 3.33. The molecule has 0 bridgehead atoms. The van der Waals surface area contributed by atoms with E-state index in [9.17, 15) is 0 Å². The van der Waals surface area contributed by atoms with Gasteiger partial charge in [-0.1, -0.05) is 12.1 Å². The van der Waals surface area contributed by atoms with Gasteiger partial charge in [-0.2, -0.15) is 0 Å². The predicted octanol–water partition coefficient (Wildman–Crippen LogP) is 3.87. The molecule has 0 heterocycles. The molecule has 0 saturated heterocycles. The third-order valence-electron chi connectivity index (χ3n) is 4.55. The van der Waals surface area contributed by atoms with E-state index in [1.807, 2.05) is 24.3 Å².